The second-order valence-corrected chi connectivity index (χ2v) is 3.20. The Balaban J connectivity index is 2.41. The van der Waals surface area contributed by atoms with Crippen LogP contribution in [0.1, 0.15) is 0 Å². The topological polar surface area (TPSA) is 79.8 Å². The molecule has 0 saturated heterocycles. The number of nitrogens with two attached hydrogens (primary N) is 1. The number of anilines is 1. The van der Waals surface area contributed by atoms with E-state index in [4.69, 9.17) is 5.73 Å². The molecule has 2 aromatic rings. The van der Waals surface area contributed by atoms with Crippen LogP contribution in [-0.4, -0.2) is 5.96 Å². The van der Waals surface area contributed by atoms with Gasteiger partial charge in [0.05, 0.1) is 5.69 Å². The number of hydrogen-bond acceptors (Lipinski definition) is 3. The van der Waals surface area contributed by atoms with E-state index in [2.05, 4.69) is 15.7 Å². The highest BCUT2D eigenvalue weighted by atomic mass is 16.3. The minimum atomic E-state index is -0.326. The maximum atomic E-state index is 10.0. The summed E-state index contributed by atoms with van der Waals surface area (Å²) in [7, 11) is 0. The quantitative estimate of drug-likeness (QED) is 0.348. The Morgan fingerprint density at radius 2 is 1.88 bits per heavy atom. The first-order valence-electron chi connectivity index (χ1n) is 4.71. The van der Waals surface area contributed by atoms with Gasteiger partial charge in [0.15, 0.2) is 0 Å². The molecule has 0 radical (unpaired) electrons. The average molecular weight is 214 g/mol. The maximum Gasteiger partial charge on any atom is 0.279 e. The van der Waals surface area contributed by atoms with Gasteiger partial charge < -0.3 is 5.73 Å². The van der Waals surface area contributed by atoms with Gasteiger partial charge in [-0.1, -0.05) is 36.4 Å². The Labute approximate surface area is 91.9 Å². The molecule has 0 saturated carbocycles. The number of nitroso groups, excluding NO2 is 1. The fourth-order valence-electron chi connectivity index (χ4n) is 1.46. The van der Waals surface area contributed by atoms with E-state index in [1.165, 1.54) is 0 Å². The van der Waals surface area contributed by atoms with Gasteiger partial charge in [0, 0.05) is 10.6 Å². The molecule has 0 bridgehead atoms. The van der Waals surface area contributed by atoms with Gasteiger partial charge in [0.1, 0.15) is 0 Å². The van der Waals surface area contributed by atoms with Crippen LogP contribution in [0.15, 0.2) is 52.7 Å². The van der Waals surface area contributed by atoms with Gasteiger partial charge in [-0.15, -0.1) is 10.0 Å². The fourth-order valence-corrected chi connectivity index (χ4v) is 1.46. The molecule has 0 aliphatic heterocycles. The lowest BCUT2D eigenvalue weighted by Crippen LogP contribution is -2.09. The highest BCUT2D eigenvalue weighted by Gasteiger charge is 1.98. The summed E-state index contributed by atoms with van der Waals surface area (Å²) in [6.07, 6.45) is 0. The molecule has 2 rings (SSSR count). The van der Waals surface area contributed by atoms with E-state index >= 15 is 0 Å². The molecule has 0 amide bonds. The Hall–Kier alpha value is -2.43. The molecule has 0 unspecified atom stereocenters. The Morgan fingerprint density at radius 1 is 1.12 bits per heavy atom. The summed E-state index contributed by atoms with van der Waals surface area (Å²) in [5.74, 6) is -0.326. The summed E-state index contributed by atoms with van der Waals surface area (Å²) >= 11 is 0. The molecule has 5 nitrogen and oxygen atoms in total. The van der Waals surface area contributed by atoms with Gasteiger partial charge in [-0.3, -0.25) is 5.43 Å². The maximum absolute atomic E-state index is 10.0. The van der Waals surface area contributed by atoms with Crippen LogP contribution in [0, 0.1) is 4.91 Å². The van der Waals surface area contributed by atoms with E-state index in [-0.39, 0.29) is 5.96 Å². The number of hydrazone groups is 1. The second kappa shape index (κ2) is 4.39. The predicted molar refractivity (Wildman–Crippen MR) is 65.0 cm³/mol. The van der Waals surface area contributed by atoms with Crippen molar-refractivity contribution >= 4 is 22.4 Å². The normalized spacial score (nSPS) is 11.4. The number of guanidine groups is 1. The monoisotopic (exact) mass is 214 g/mol. The van der Waals surface area contributed by atoms with E-state index in [0.717, 1.165) is 16.5 Å². The van der Waals surface area contributed by atoms with Crippen molar-refractivity contribution in [2.75, 3.05) is 5.43 Å². The number of nitrogens with zero attached hydrogens (tertiary/aromatic N) is 2. The van der Waals surface area contributed by atoms with E-state index < -0.39 is 0 Å². The SMILES string of the molecule is N/C(N=O)=N\Nc1cccc2ccccc12. The van der Waals surface area contributed by atoms with E-state index in [1.54, 1.807) is 0 Å². The zero-order valence-corrected chi connectivity index (χ0v) is 8.42. The lowest BCUT2D eigenvalue weighted by Gasteiger charge is -2.04. The summed E-state index contributed by atoms with van der Waals surface area (Å²) in [4.78, 5) is 10.0. The molecular formula is C11H10N4O. The van der Waals surface area contributed by atoms with Crippen LogP contribution in [-0.2, 0) is 0 Å². The first-order chi connectivity index (χ1) is 7.81. The van der Waals surface area contributed by atoms with Crippen molar-refractivity contribution in [3.63, 3.8) is 0 Å². The summed E-state index contributed by atoms with van der Waals surface area (Å²) in [6, 6.07) is 13.6. The number of benzene rings is 2. The minimum Gasteiger partial charge on any atom is -0.364 e. The van der Waals surface area contributed by atoms with Crippen molar-refractivity contribution in [2.24, 2.45) is 16.0 Å². The zero-order chi connectivity index (χ0) is 11.4. The third kappa shape index (κ3) is 1.98. The van der Waals surface area contributed by atoms with Crippen molar-refractivity contribution in [1.29, 1.82) is 0 Å². The molecule has 0 atom stereocenters. The van der Waals surface area contributed by atoms with Crippen molar-refractivity contribution in [3.8, 4) is 0 Å². The molecule has 3 N–H and O–H groups in total. The molecule has 0 heterocycles. The van der Waals surface area contributed by atoms with Crippen molar-refractivity contribution < 1.29 is 0 Å². The minimum absolute atomic E-state index is 0.326. The van der Waals surface area contributed by atoms with Crippen LogP contribution >= 0.6 is 0 Å². The van der Waals surface area contributed by atoms with Gasteiger partial charge in [-0.05, 0) is 11.5 Å². The van der Waals surface area contributed by atoms with Crippen molar-refractivity contribution in [2.45, 2.75) is 0 Å². The summed E-state index contributed by atoms with van der Waals surface area (Å²) < 4.78 is 0. The molecule has 0 fully saturated rings. The smallest absolute Gasteiger partial charge is 0.279 e. The third-order valence-electron chi connectivity index (χ3n) is 2.17. The summed E-state index contributed by atoms with van der Waals surface area (Å²) in [5.41, 5.74) is 8.66. The first-order valence-corrected chi connectivity index (χ1v) is 4.71. The van der Waals surface area contributed by atoms with Crippen molar-refractivity contribution in [3.05, 3.63) is 47.4 Å². The van der Waals surface area contributed by atoms with E-state index in [0.29, 0.717) is 0 Å². The fraction of sp³-hybridized carbons (Fsp3) is 0. The highest BCUT2D eigenvalue weighted by molar-refractivity contribution is 5.94. The highest BCUT2D eigenvalue weighted by Crippen LogP contribution is 2.22. The standard InChI is InChI=1S/C11H10N4O/c12-11(15-16)14-13-10-7-3-5-8-4-1-2-6-9(8)10/h1-7,13H,(H2,12,14). The van der Waals surface area contributed by atoms with Gasteiger partial charge in [0.25, 0.3) is 5.96 Å². The molecule has 2 aromatic carbocycles. The summed E-state index contributed by atoms with van der Waals surface area (Å²) in [5, 5.41) is 8.22. The Bertz CT molecular complexity index is 545. The average Bonchev–Trinajstić information content (AvgIpc) is 2.35. The van der Waals surface area contributed by atoms with Gasteiger partial charge in [-0.25, -0.2) is 0 Å². The van der Waals surface area contributed by atoms with Gasteiger partial charge >= 0.3 is 0 Å². The number of hydrogen-bond donors (Lipinski definition) is 2. The molecule has 0 aromatic heterocycles. The Kier molecular flexibility index (Phi) is 2.77. The molecule has 80 valence electrons. The molecule has 0 spiro atoms. The van der Waals surface area contributed by atoms with Gasteiger partial charge in [0.2, 0.25) is 0 Å². The predicted octanol–water partition coefficient (Wildman–Crippen LogP) is 2.25. The molecule has 0 aliphatic rings. The third-order valence-corrected chi connectivity index (χ3v) is 2.17. The van der Waals surface area contributed by atoms with Crippen LogP contribution in [0.25, 0.3) is 10.8 Å². The second-order valence-electron chi connectivity index (χ2n) is 3.20. The van der Waals surface area contributed by atoms with Gasteiger partial charge in [-0.2, -0.15) is 0 Å². The zero-order valence-electron chi connectivity index (χ0n) is 8.42. The number of nitrogens with one attached hydrogen (secondary N) is 1. The molecule has 5 heteroatoms. The lowest BCUT2D eigenvalue weighted by molar-refractivity contribution is 1.29. The van der Waals surface area contributed by atoms with Crippen LogP contribution in [0.5, 0.6) is 0 Å². The van der Waals surface area contributed by atoms with Crippen LogP contribution in [0.3, 0.4) is 0 Å². The van der Waals surface area contributed by atoms with Crippen LogP contribution < -0.4 is 11.2 Å². The van der Waals surface area contributed by atoms with Crippen LogP contribution in [0.4, 0.5) is 5.69 Å². The lowest BCUT2D eigenvalue weighted by atomic mass is 10.1. The summed E-state index contributed by atoms with van der Waals surface area (Å²) in [6.45, 7) is 0. The van der Waals surface area contributed by atoms with E-state index in [1.807, 2.05) is 42.5 Å². The molecular weight excluding hydrogens is 204 g/mol. The van der Waals surface area contributed by atoms with Crippen LogP contribution in [0.2, 0.25) is 0 Å². The Morgan fingerprint density at radius 3 is 2.69 bits per heavy atom. The molecule has 0 aliphatic carbocycles. The number of fused-ring (bicyclic) bond motifs is 1. The van der Waals surface area contributed by atoms with E-state index in [9.17, 15) is 4.91 Å². The number of rotatable bonds is 2. The first kappa shape index (κ1) is 10.1. The van der Waals surface area contributed by atoms with Crippen molar-refractivity contribution in [1.82, 2.24) is 0 Å². The largest absolute Gasteiger partial charge is 0.364 e. The molecule has 16 heavy (non-hydrogen) atoms.